The van der Waals surface area contributed by atoms with Gasteiger partial charge in [-0.15, -0.1) is 0 Å². The molecule has 0 saturated carbocycles. The summed E-state index contributed by atoms with van der Waals surface area (Å²) < 4.78 is 6.37. The second-order valence-electron chi connectivity index (χ2n) is 9.97. The number of benzene rings is 4. The summed E-state index contributed by atoms with van der Waals surface area (Å²) in [5.41, 5.74) is 3.41. The van der Waals surface area contributed by atoms with Gasteiger partial charge in [0.25, 0.3) is 0 Å². The van der Waals surface area contributed by atoms with E-state index >= 15 is 0 Å². The van der Waals surface area contributed by atoms with E-state index in [1.54, 1.807) is 0 Å². The lowest BCUT2D eigenvalue weighted by Gasteiger charge is -2.30. The Labute approximate surface area is 228 Å². The number of aliphatic hydroxyl groups is 1. The van der Waals surface area contributed by atoms with E-state index in [1.807, 2.05) is 103 Å². The molecule has 198 valence electrons. The second kappa shape index (κ2) is 12.0. The second-order valence-corrected chi connectivity index (χ2v) is 9.97. The number of ketones is 1. The highest BCUT2D eigenvalue weighted by Crippen LogP contribution is 2.49. The van der Waals surface area contributed by atoms with Crippen LogP contribution >= 0.6 is 0 Å². The summed E-state index contributed by atoms with van der Waals surface area (Å²) in [6.07, 6.45) is 4.26. The van der Waals surface area contributed by atoms with Crippen molar-refractivity contribution in [1.82, 2.24) is 0 Å². The summed E-state index contributed by atoms with van der Waals surface area (Å²) in [7, 11) is 0. The number of allylic oxidation sites excluding steroid dienone is 1. The van der Waals surface area contributed by atoms with Crippen molar-refractivity contribution in [2.24, 2.45) is 0 Å². The average Bonchev–Trinajstić information content (AvgIpc) is 2.95. The Morgan fingerprint density at radius 2 is 1.51 bits per heavy atom. The lowest BCUT2D eigenvalue weighted by molar-refractivity contribution is 0.0840. The van der Waals surface area contributed by atoms with Crippen LogP contribution in [0.1, 0.15) is 63.9 Å². The topological polar surface area (TPSA) is 87.0 Å². The predicted molar refractivity (Wildman–Crippen MR) is 152 cm³/mol. The highest BCUT2D eigenvalue weighted by atomic mass is 16.5. The molecular formula is C34H32O5. The van der Waals surface area contributed by atoms with Crippen molar-refractivity contribution >= 4 is 11.9 Å². The monoisotopic (exact) mass is 520 g/mol. The molecule has 0 radical (unpaired) electrons. The number of Topliss-reactive ketones (excluding diaryl/α,β-unsaturated/α-hetero) is 1. The molecule has 3 atom stereocenters. The van der Waals surface area contributed by atoms with E-state index in [9.17, 15) is 20.1 Å². The zero-order valence-corrected chi connectivity index (χ0v) is 21.6. The fourth-order valence-electron chi connectivity index (χ4n) is 5.18. The number of phenols is 2. The summed E-state index contributed by atoms with van der Waals surface area (Å²) in [6, 6.07) is 30.4. The van der Waals surface area contributed by atoms with Gasteiger partial charge in [0.15, 0.2) is 5.78 Å². The number of hydrogen-bond acceptors (Lipinski definition) is 5. The Hall–Kier alpha value is -4.35. The maximum absolute atomic E-state index is 13.2. The number of carbonyl (C=O) groups is 1. The lowest BCUT2D eigenvalue weighted by atomic mass is 9.85. The fraction of sp³-hybridized carbons (Fsp3) is 0.206. The van der Waals surface area contributed by atoms with Gasteiger partial charge in [0.05, 0.1) is 12.5 Å². The van der Waals surface area contributed by atoms with Gasteiger partial charge in [-0.2, -0.15) is 0 Å². The van der Waals surface area contributed by atoms with Crippen LogP contribution in [-0.2, 0) is 6.42 Å². The number of aliphatic hydroxyl groups excluding tert-OH is 1. The van der Waals surface area contributed by atoms with Crippen molar-refractivity contribution in [2.45, 2.75) is 43.8 Å². The van der Waals surface area contributed by atoms with Gasteiger partial charge in [0, 0.05) is 17.5 Å². The third kappa shape index (κ3) is 6.21. The Balaban J connectivity index is 1.51. The van der Waals surface area contributed by atoms with Crippen LogP contribution in [0.4, 0.5) is 0 Å². The molecule has 0 bridgehead atoms. The Bertz CT molecular complexity index is 1430. The van der Waals surface area contributed by atoms with E-state index in [4.69, 9.17) is 4.74 Å². The van der Waals surface area contributed by atoms with Crippen LogP contribution in [0.3, 0.4) is 0 Å². The first kappa shape index (κ1) is 26.3. The predicted octanol–water partition coefficient (Wildman–Crippen LogP) is 6.99. The summed E-state index contributed by atoms with van der Waals surface area (Å²) >= 11 is 0. The molecule has 0 fully saturated rings. The van der Waals surface area contributed by atoms with Gasteiger partial charge in [-0.25, -0.2) is 0 Å². The zero-order chi connectivity index (χ0) is 27.2. The van der Waals surface area contributed by atoms with Crippen molar-refractivity contribution in [3.8, 4) is 17.2 Å². The molecule has 3 N–H and O–H groups in total. The summed E-state index contributed by atoms with van der Waals surface area (Å²) in [5.74, 6) is -1.04. The molecular weight excluding hydrogens is 488 g/mol. The summed E-state index contributed by atoms with van der Waals surface area (Å²) in [4.78, 5) is 13.2. The lowest BCUT2D eigenvalue weighted by Crippen LogP contribution is -2.23. The zero-order valence-electron chi connectivity index (χ0n) is 21.6. The van der Waals surface area contributed by atoms with E-state index in [-0.39, 0.29) is 35.0 Å². The normalized spacial score (nSPS) is 16.4. The van der Waals surface area contributed by atoms with Crippen molar-refractivity contribution in [3.63, 3.8) is 0 Å². The van der Waals surface area contributed by atoms with E-state index in [2.05, 4.69) is 0 Å². The first-order valence-corrected chi connectivity index (χ1v) is 13.3. The number of fused-ring (bicyclic) bond motifs is 1. The molecule has 39 heavy (non-hydrogen) atoms. The fourth-order valence-corrected chi connectivity index (χ4v) is 5.18. The number of aromatic hydroxyl groups is 2. The molecule has 4 aromatic rings. The van der Waals surface area contributed by atoms with Crippen LogP contribution in [0, 0.1) is 0 Å². The quantitative estimate of drug-likeness (QED) is 0.222. The minimum Gasteiger partial charge on any atom is -0.507 e. The van der Waals surface area contributed by atoms with E-state index in [1.165, 1.54) is 6.07 Å². The molecule has 0 aromatic heterocycles. The van der Waals surface area contributed by atoms with Crippen molar-refractivity contribution in [2.75, 3.05) is 0 Å². The maximum atomic E-state index is 13.2. The number of aryl methyl sites for hydroxylation is 1. The molecule has 0 unspecified atom stereocenters. The molecule has 5 nitrogen and oxygen atoms in total. The van der Waals surface area contributed by atoms with Gasteiger partial charge >= 0.3 is 0 Å². The summed E-state index contributed by atoms with van der Waals surface area (Å²) in [5, 5.41) is 32.9. The molecule has 1 heterocycles. The third-order valence-corrected chi connectivity index (χ3v) is 7.18. The Morgan fingerprint density at radius 1 is 0.872 bits per heavy atom. The van der Waals surface area contributed by atoms with E-state index in [0.29, 0.717) is 24.8 Å². The first-order chi connectivity index (χ1) is 19.0. The molecule has 5 heteroatoms. The number of carbonyl (C=O) groups excluding carboxylic acids is 1. The highest BCUT2D eigenvalue weighted by molar-refractivity contribution is 6.03. The van der Waals surface area contributed by atoms with Gasteiger partial charge < -0.3 is 20.1 Å². The SMILES string of the molecule is O=C1C[C@H](c2ccccc2)Oc2c1c(O)cc(O)c2[C@@H](/C=C/c1ccccc1)C[C@@H](O)CCc1ccccc1. The third-order valence-electron chi connectivity index (χ3n) is 7.18. The molecule has 1 aliphatic rings. The number of phenolic OH excluding ortho intramolecular Hbond substituents is 2. The highest BCUT2D eigenvalue weighted by Gasteiger charge is 2.35. The molecule has 5 rings (SSSR count). The number of ether oxygens (including phenoxy) is 1. The van der Waals surface area contributed by atoms with Gasteiger partial charge in [0.2, 0.25) is 0 Å². The first-order valence-electron chi connectivity index (χ1n) is 13.3. The molecule has 4 aromatic carbocycles. The van der Waals surface area contributed by atoms with Crippen molar-refractivity contribution in [3.05, 3.63) is 131 Å². The van der Waals surface area contributed by atoms with Crippen LogP contribution < -0.4 is 4.74 Å². The van der Waals surface area contributed by atoms with Crippen molar-refractivity contribution < 1.29 is 24.9 Å². The minimum absolute atomic E-state index is 0.0758. The smallest absolute Gasteiger partial charge is 0.174 e. The van der Waals surface area contributed by atoms with Gasteiger partial charge in [0.1, 0.15) is 28.9 Å². The average molecular weight is 521 g/mol. The Kier molecular flexibility index (Phi) is 8.09. The van der Waals surface area contributed by atoms with Crippen LogP contribution in [0.15, 0.2) is 103 Å². The molecule has 0 aliphatic carbocycles. The number of rotatable bonds is 9. The van der Waals surface area contributed by atoms with E-state index < -0.39 is 18.1 Å². The van der Waals surface area contributed by atoms with Crippen LogP contribution in [0.5, 0.6) is 17.2 Å². The van der Waals surface area contributed by atoms with Crippen molar-refractivity contribution in [1.29, 1.82) is 0 Å². The van der Waals surface area contributed by atoms with Crippen LogP contribution in [-0.4, -0.2) is 27.2 Å². The van der Waals surface area contributed by atoms with Crippen LogP contribution in [0.2, 0.25) is 0 Å². The molecule has 0 saturated heterocycles. The summed E-state index contributed by atoms with van der Waals surface area (Å²) in [6.45, 7) is 0. The molecule has 0 amide bonds. The van der Waals surface area contributed by atoms with Gasteiger partial charge in [-0.1, -0.05) is 103 Å². The number of hydrogen-bond donors (Lipinski definition) is 3. The standard InChI is InChI=1S/C34H32O5/c35-27(19-17-24-12-6-2-7-13-24)20-26(18-16-23-10-4-1-5-11-23)32-28(36)21-29(37)33-30(38)22-31(39-34(32)33)25-14-8-3-9-15-25/h1-16,18,21,26-27,31,35-37H,17,19-20,22H2/b18-16+/t26-,27-,31+/m0/s1. The van der Waals surface area contributed by atoms with Crippen LogP contribution in [0.25, 0.3) is 6.08 Å². The van der Waals surface area contributed by atoms with Gasteiger partial charge in [-0.05, 0) is 36.0 Å². The largest absolute Gasteiger partial charge is 0.507 e. The van der Waals surface area contributed by atoms with E-state index in [0.717, 1.165) is 16.7 Å². The molecule has 0 spiro atoms. The van der Waals surface area contributed by atoms with Gasteiger partial charge in [-0.3, -0.25) is 4.79 Å². The maximum Gasteiger partial charge on any atom is 0.174 e. The molecule has 1 aliphatic heterocycles. The minimum atomic E-state index is -0.677. The Morgan fingerprint density at radius 3 is 2.21 bits per heavy atom.